The van der Waals surface area contributed by atoms with Crippen LogP contribution in [0.5, 0.6) is 0 Å². The quantitative estimate of drug-likeness (QED) is 0.752. The zero-order valence-electron chi connectivity index (χ0n) is 10.7. The molecule has 1 heterocycles. The molecule has 0 saturated carbocycles. The molecule has 1 aliphatic rings. The molecule has 0 saturated heterocycles. The average Bonchev–Trinajstić information content (AvgIpc) is 2.56. The van der Waals surface area contributed by atoms with Gasteiger partial charge in [0.05, 0.1) is 16.6 Å². The minimum atomic E-state index is -0.952. The fraction of sp³-hybridized carbons (Fsp3) is 0.176. The first-order chi connectivity index (χ1) is 9.31. The first kappa shape index (κ1) is 12.4. The Hall–Kier alpha value is -1.67. The van der Waals surface area contributed by atoms with Gasteiger partial charge in [-0.15, -0.1) is 6.58 Å². The first-order valence-electron chi connectivity index (χ1n) is 6.47. The predicted molar refractivity (Wildman–Crippen MR) is 79.7 cm³/mol. The molecule has 0 amide bonds. The largest absolute Gasteiger partial charge is 0.254 e. The Morgan fingerprint density at radius 2 is 1.79 bits per heavy atom. The van der Waals surface area contributed by atoms with E-state index in [9.17, 15) is 4.21 Å². The zero-order valence-corrected chi connectivity index (χ0v) is 11.5. The lowest BCUT2D eigenvalue weighted by molar-refractivity contribution is 0.682. The molecule has 0 aromatic heterocycles. The highest BCUT2D eigenvalue weighted by Crippen LogP contribution is 2.38. The molecule has 2 aromatic rings. The fourth-order valence-electron chi connectivity index (χ4n) is 2.79. The van der Waals surface area contributed by atoms with Crippen LogP contribution >= 0.6 is 0 Å². The van der Waals surface area contributed by atoms with Crippen molar-refractivity contribution in [2.45, 2.75) is 23.0 Å². The van der Waals surface area contributed by atoms with Crippen LogP contribution in [0.4, 0.5) is 0 Å². The number of benzene rings is 2. The van der Waals surface area contributed by atoms with E-state index in [1.54, 1.807) is 0 Å². The lowest BCUT2D eigenvalue weighted by Crippen LogP contribution is -2.02. The normalized spacial score (nSPS) is 21.1. The standard InChI is InChI=1S/C17H16OS/c1-2-7-15-14-9-4-3-8-13(14)12-19(18)17-11-6-5-10-16(15)17/h2-6,8-11,15H,1,7,12H2. The summed E-state index contributed by atoms with van der Waals surface area (Å²) in [5, 5.41) is 0. The molecule has 19 heavy (non-hydrogen) atoms. The second-order valence-electron chi connectivity index (χ2n) is 4.80. The molecular formula is C17H16OS. The highest BCUT2D eigenvalue weighted by Gasteiger charge is 2.25. The second-order valence-corrected chi connectivity index (χ2v) is 6.22. The third kappa shape index (κ3) is 2.17. The van der Waals surface area contributed by atoms with E-state index in [4.69, 9.17) is 0 Å². The van der Waals surface area contributed by atoms with Crippen molar-refractivity contribution >= 4 is 10.8 Å². The summed E-state index contributed by atoms with van der Waals surface area (Å²) in [5.41, 5.74) is 3.68. The Balaban J connectivity index is 2.25. The molecule has 0 radical (unpaired) electrons. The van der Waals surface area contributed by atoms with E-state index < -0.39 is 10.8 Å². The summed E-state index contributed by atoms with van der Waals surface area (Å²) in [6, 6.07) is 16.4. The van der Waals surface area contributed by atoms with E-state index in [2.05, 4.69) is 30.8 Å². The third-order valence-corrected chi connectivity index (χ3v) is 5.09. The first-order valence-corrected chi connectivity index (χ1v) is 7.79. The van der Waals surface area contributed by atoms with Gasteiger partial charge in [0.15, 0.2) is 0 Å². The molecular weight excluding hydrogens is 252 g/mol. The summed E-state index contributed by atoms with van der Waals surface area (Å²) in [4.78, 5) is 0.977. The Morgan fingerprint density at radius 1 is 1.11 bits per heavy atom. The smallest absolute Gasteiger partial charge is 0.0577 e. The number of fused-ring (bicyclic) bond motifs is 2. The van der Waals surface area contributed by atoms with E-state index in [1.165, 1.54) is 16.7 Å². The number of hydrogen-bond donors (Lipinski definition) is 0. The lowest BCUT2D eigenvalue weighted by atomic mass is 9.86. The van der Waals surface area contributed by atoms with Crippen LogP contribution in [0.15, 0.2) is 66.1 Å². The van der Waals surface area contributed by atoms with Crippen LogP contribution in [-0.4, -0.2) is 4.21 Å². The Kier molecular flexibility index (Phi) is 3.34. The van der Waals surface area contributed by atoms with Gasteiger partial charge in [0, 0.05) is 10.8 Å². The molecule has 0 fully saturated rings. The van der Waals surface area contributed by atoms with E-state index in [0.29, 0.717) is 5.75 Å². The van der Waals surface area contributed by atoms with Gasteiger partial charge in [0.25, 0.3) is 0 Å². The van der Waals surface area contributed by atoms with Crippen molar-refractivity contribution in [1.82, 2.24) is 0 Å². The summed E-state index contributed by atoms with van der Waals surface area (Å²) >= 11 is 0. The van der Waals surface area contributed by atoms with Crippen molar-refractivity contribution in [2.75, 3.05) is 0 Å². The topological polar surface area (TPSA) is 17.1 Å². The number of allylic oxidation sites excluding steroid dienone is 1. The zero-order chi connectivity index (χ0) is 13.2. The molecule has 0 bridgehead atoms. The van der Waals surface area contributed by atoms with Crippen LogP contribution in [-0.2, 0) is 16.6 Å². The summed E-state index contributed by atoms with van der Waals surface area (Å²) in [6.07, 6.45) is 2.83. The maximum absolute atomic E-state index is 12.5. The van der Waals surface area contributed by atoms with Gasteiger partial charge in [-0.1, -0.05) is 48.5 Å². The van der Waals surface area contributed by atoms with E-state index >= 15 is 0 Å². The maximum atomic E-state index is 12.5. The van der Waals surface area contributed by atoms with Crippen molar-refractivity contribution in [2.24, 2.45) is 0 Å². The molecule has 96 valence electrons. The van der Waals surface area contributed by atoms with Gasteiger partial charge in [-0.25, -0.2) is 0 Å². The molecule has 0 spiro atoms. The van der Waals surface area contributed by atoms with Crippen LogP contribution in [0.25, 0.3) is 0 Å². The van der Waals surface area contributed by atoms with Gasteiger partial charge < -0.3 is 0 Å². The minimum absolute atomic E-state index is 0.274. The van der Waals surface area contributed by atoms with E-state index in [1.807, 2.05) is 30.3 Å². The third-order valence-electron chi connectivity index (χ3n) is 3.66. The molecule has 2 atom stereocenters. The van der Waals surface area contributed by atoms with Crippen LogP contribution in [0, 0.1) is 0 Å². The maximum Gasteiger partial charge on any atom is 0.0577 e. The van der Waals surface area contributed by atoms with Crippen molar-refractivity contribution in [1.29, 1.82) is 0 Å². The number of hydrogen-bond acceptors (Lipinski definition) is 1. The van der Waals surface area contributed by atoms with Gasteiger partial charge in [-0.3, -0.25) is 4.21 Å². The van der Waals surface area contributed by atoms with E-state index in [-0.39, 0.29) is 5.92 Å². The highest BCUT2D eigenvalue weighted by atomic mass is 32.2. The molecule has 0 N–H and O–H groups in total. The SMILES string of the molecule is C=CCC1c2ccccc2CS(=O)c2ccccc21. The molecule has 0 aliphatic carbocycles. The fourth-order valence-corrected chi connectivity index (χ4v) is 4.19. The molecule has 3 rings (SSSR count). The van der Waals surface area contributed by atoms with Crippen LogP contribution < -0.4 is 0 Å². The van der Waals surface area contributed by atoms with Crippen molar-refractivity contribution < 1.29 is 4.21 Å². The summed E-state index contributed by atoms with van der Waals surface area (Å²) in [7, 11) is -0.952. The van der Waals surface area contributed by atoms with E-state index in [0.717, 1.165) is 11.3 Å². The molecule has 2 heteroatoms. The average molecular weight is 268 g/mol. The Bertz CT molecular complexity index is 645. The Morgan fingerprint density at radius 3 is 2.58 bits per heavy atom. The second kappa shape index (κ2) is 5.14. The van der Waals surface area contributed by atoms with Crippen molar-refractivity contribution in [3.63, 3.8) is 0 Å². The van der Waals surface area contributed by atoms with Gasteiger partial charge in [-0.05, 0) is 29.2 Å². The summed E-state index contributed by atoms with van der Waals surface area (Å²) < 4.78 is 12.5. The van der Waals surface area contributed by atoms with Gasteiger partial charge >= 0.3 is 0 Å². The minimum Gasteiger partial charge on any atom is -0.254 e. The molecule has 1 nitrogen and oxygen atoms in total. The Labute approximate surface area is 116 Å². The highest BCUT2D eigenvalue weighted by molar-refractivity contribution is 7.84. The molecule has 1 aliphatic heterocycles. The van der Waals surface area contributed by atoms with Gasteiger partial charge in [0.1, 0.15) is 0 Å². The van der Waals surface area contributed by atoms with Crippen molar-refractivity contribution in [3.8, 4) is 0 Å². The van der Waals surface area contributed by atoms with Gasteiger partial charge in [-0.2, -0.15) is 0 Å². The van der Waals surface area contributed by atoms with Crippen LogP contribution in [0.1, 0.15) is 29.0 Å². The summed E-state index contributed by atoms with van der Waals surface area (Å²) in [6.45, 7) is 3.87. The van der Waals surface area contributed by atoms with Crippen LogP contribution in [0.3, 0.4) is 0 Å². The number of rotatable bonds is 2. The van der Waals surface area contributed by atoms with Crippen molar-refractivity contribution in [3.05, 3.63) is 77.9 Å². The summed E-state index contributed by atoms with van der Waals surface area (Å²) in [5.74, 6) is 0.886. The van der Waals surface area contributed by atoms with Crippen LogP contribution in [0.2, 0.25) is 0 Å². The lowest BCUT2D eigenvalue weighted by Gasteiger charge is -2.17. The van der Waals surface area contributed by atoms with Gasteiger partial charge in [0.2, 0.25) is 0 Å². The molecule has 2 unspecified atom stereocenters. The monoisotopic (exact) mass is 268 g/mol. The predicted octanol–water partition coefficient (Wildman–Crippen LogP) is 4.02. The molecule has 2 aromatic carbocycles.